The first-order valence-electron chi connectivity index (χ1n) is 5.68. The van der Waals surface area contributed by atoms with E-state index in [-0.39, 0.29) is 5.56 Å². The number of anilines is 2. The highest BCUT2D eigenvalue weighted by Crippen LogP contribution is 2.43. The van der Waals surface area contributed by atoms with Gasteiger partial charge in [0.2, 0.25) is 5.88 Å². The van der Waals surface area contributed by atoms with Gasteiger partial charge in [0, 0.05) is 14.1 Å². The van der Waals surface area contributed by atoms with Crippen molar-refractivity contribution in [2.24, 2.45) is 14.1 Å². The summed E-state index contributed by atoms with van der Waals surface area (Å²) in [4.78, 5) is 32.6. The predicted molar refractivity (Wildman–Crippen MR) is 72.9 cm³/mol. The minimum atomic E-state index is -0.402. The number of nitrogens with one attached hydrogen (secondary N) is 1. The molecule has 0 spiro atoms. The van der Waals surface area contributed by atoms with E-state index in [4.69, 9.17) is 4.74 Å². The summed E-state index contributed by atoms with van der Waals surface area (Å²) in [7, 11) is 4.53. The van der Waals surface area contributed by atoms with Crippen LogP contribution < -0.4 is 21.3 Å². The van der Waals surface area contributed by atoms with Crippen LogP contribution >= 0.6 is 11.8 Å². The fraction of sp³-hybridized carbons (Fsp3) is 0.273. The Morgan fingerprint density at radius 3 is 2.70 bits per heavy atom. The zero-order valence-electron chi connectivity index (χ0n) is 11.0. The quantitative estimate of drug-likeness (QED) is 0.636. The molecule has 0 aliphatic carbocycles. The topological polar surface area (TPSA) is 91.0 Å². The molecule has 0 bridgehead atoms. The minimum absolute atomic E-state index is 0.358. The van der Waals surface area contributed by atoms with E-state index in [2.05, 4.69) is 15.3 Å². The molecule has 0 saturated carbocycles. The molecular weight excluding hydrogens is 282 g/mol. The molecule has 0 fully saturated rings. The monoisotopic (exact) mass is 293 g/mol. The summed E-state index contributed by atoms with van der Waals surface area (Å²) in [6.45, 7) is 0. The molecule has 20 heavy (non-hydrogen) atoms. The van der Waals surface area contributed by atoms with E-state index in [9.17, 15) is 9.59 Å². The molecule has 3 rings (SSSR count). The van der Waals surface area contributed by atoms with Gasteiger partial charge in [0.15, 0.2) is 0 Å². The molecule has 1 aliphatic rings. The zero-order chi connectivity index (χ0) is 14.4. The fourth-order valence-corrected chi connectivity index (χ4v) is 3.00. The van der Waals surface area contributed by atoms with E-state index < -0.39 is 5.69 Å². The Morgan fingerprint density at radius 2 is 2.00 bits per heavy atom. The molecular formula is C11H11N5O3S. The van der Waals surface area contributed by atoms with Crippen molar-refractivity contribution in [3.63, 3.8) is 0 Å². The van der Waals surface area contributed by atoms with Crippen LogP contribution in [0.4, 0.5) is 11.5 Å². The first-order chi connectivity index (χ1) is 9.54. The molecule has 9 heteroatoms. The lowest BCUT2D eigenvalue weighted by molar-refractivity contribution is 0.397. The Balaban J connectivity index is 2.29. The maximum atomic E-state index is 12.2. The third-order valence-electron chi connectivity index (χ3n) is 3.04. The molecule has 0 aromatic carbocycles. The lowest BCUT2D eigenvalue weighted by atomic mass is 10.4. The molecule has 2 aromatic heterocycles. The maximum absolute atomic E-state index is 12.2. The van der Waals surface area contributed by atoms with Crippen LogP contribution in [0.2, 0.25) is 0 Å². The second-order valence-electron chi connectivity index (χ2n) is 4.17. The smallest absolute Gasteiger partial charge is 0.332 e. The van der Waals surface area contributed by atoms with Crippen molar-refractivity contribution in [1.29, 1.82) is 0 Å². The Labute approximate surface area is 117 Å². The van der Waals surface area contributed by atoms with Crippen LogP contribution in [-0.4, -0.2) is 26.2 Å². The maximum Gasteiger partial charge on any atom is 0.332 e. The van der Waals surface area contributed by atoms with Crippen LogP contribution in [0.1, 0.15) is 0 Å². The average Bonchev–Trinajstić information content (AvgIpc) is 2.48. The van der Waals surface area contributed by atoms with Crippen molar-refractivity contribution < 1.29 is 4.74 Å². The van der Waals surface area contributed by atoms with Crippen molar-refractivity contribution in [2.45, 2.75) is 9.92 Å². The summed E-state index contributed by atoms with van der Waals surface area (Å²) >= 11 is 1.19. The van der Waals surface area contributed by atoms with Crippen molar-refractivity contribution in [3.05, 3.63) is 27.2 Å². The molecule has 0 atom stereocenters. The Hall–Kier alpha value is -2.29. The van der Waals surface area contributed by atoms with Crippen molar-refractivity contribution in [1.82, 2.24) is 19.1 Å². The standard InChI is InChI=1S/C11H11N5O3S/c1-15-7-6(10(17)16(2)11(15)18)20-9-5(14-7)8(19-3)12-4-13-9/h4,14H,1-3H3. The Morgan fingerprint density at radius 1 is 1.25 bits per heavy atom. The van der Waals surface area contributed by atoms with Gasteiger partial charge in [-0.2, -0.15) is 4.98 Å². The number of nitrogens with zero attached hydrogens (tertiary/aromatic N) is 4. The number of aromatic nitrogens is 4. The van der Waals surface area contributed by atoms with E-state index in [0.717, 1.165) is 4.57 Å². The van der Waals surface area contributed by atoms with Crippen LogP contribution in [-0.2, 0) is 14.1 Å². The Bertz CT molecular complexity index is 826. The number of fused-ring (bicyclic) bond motifs is 2. The van der Waals surface area contributed by atoms with Gasteiger partial charge in [0.05, 0.1) is 7.11 Å². The molecule has 104 valence electrons. The van der Waals surface area contributed by atoms with E-state index >= 15 is 0 Å². The van der Waals surface area contributed by atoms with Crippen molar-refractivity contribution in [3.8, 4) is 5.88 Å². The van der Waals surface area contributed by atoms with Crippen LogP contribution in [0.5, 0.6) is 5.88 Å². The highest BCUT2D eigenvalue weighted by atomic mass is 32.2. The summed E-state index contributed by atoms with van der Waals surface area (Å²) in [5.41, 5.74) is -0.208. The van der Waals surface area contributed by atoms with Gasteiger partial charge in [0.25, 0.3) is 5.56 Å². The molecule has 0 saturated heterocycles. The van der Waals surface area contributed by atoms with E-state index in [1.807, 2.05) is 0 Å². The lowest BCUT2D eigenvalue weighted by Crippen LogP contribution is -2.39. The summed E-state index contributed by atoms with van der Waals surface area (Å²) in [5, 5.41) is 3.60. The SMILES string of the molecule is COc1ncnc2c1Nc1c(c(=O)n(C)c(=O)n1C)S2. The summed E-state index contributed by atoms with van der Waals surface area (Å²) in [6, 6.07) is 0. The van der Waals surface area contributed by atoms with Gasteiger partial charge >= 0.3 is 5.69 Å². The molecule has 0 radical (unpaired) electrons. The van der Waals surface area contributed by atoms with Gasteiger partial charge in [0.1, 0.15) is 27.8 Å². The first kappa shape index (κ1) is 12.7. The lowest BCUT2D eigenvalue weighted by Gasteiger charge is -2.22. The van der Waals surface area contributed by atoms with Gasteiger partial charge in [-0.3, -0.25) is 13.9 Å². The van der Waals surface area contributed by atoms with Crippen LogP contribution in [0.25, 0.3) is 0 Å². The number of ether oxygens (including phenoxy) is 1. The second-order valence-corrected chi connectivity index (χ2v) is 5.17. The van der Waals surface area contributed by atoms with Crippen LogP contribution in [0.15, 0.2) is 25.8 Å². The van der Waals surface area contributed by atoms with Crippen LogP contribution in [0, 0.1) is 0 Å². The van der Waals surface area contributed by atoms with Crippen molar-refractivity contribution >= 4 is 23.3 Å². The summed E-state index contributed by atoms with van der Waals surface area (Å²) in [5.74, 6) is 0.782. The predicted octanol–water partition coefficient (Wildman–Crippen LogP) is 0.0908. The first-order valence-corrected chi connectivity index (χ1v) is 6.50. The van der Waals surface area contributed by atoms with Crippen molar-refractivity contribution in [2.75, 3.05) is 12.4 Å². The Kier molecular flexibility index (Phi) is 2.78. The molecule has 2 aromatic rings. The fourth-order valence-electron chi connectivity index (χ4n) is 1.95. The molecule has 0 amide bonds. The minimum Gasteiger partial charge on any atom is -0.479 e. The third kappa shape index (κ3) is 1.63. The molecule has 1 N–H and O–H groups in total. The highest BCUT2D eigenvalue weighted by Gasteiger charge is 2.26. The summed E-state index contributed by atoms with van der Waals surface area (Å²) in [6.07, 6.45) is 1.36. The zero-order valence-corrected chi connectivity index (χ0v) is 11.8. The van der Waals surface area contributed by atoms with Gasteiger partial charge in [-0.05, 0) is 0 Å². The normalized spacial score (nSPS) is 12.3. The number of rotatable bonds is 1. The highest BCUT2D eigenvalue weighted by molar-refractivity contribution is 7.99. The number of methoxy groups -OCH3 is 1. The average molecular weight is 293 g/mol. The van der Waals surface area contributed by atoms with E-state index in [0.29, 0.717) is 27.3 Å². The largest absolute Gasteiger partial charge is 0.479 e. The second kappa shape index (κ2) is 4.37. The molecule has 3 heterocycles. The molecule has 0 unspecified atom stereocenters. The molecule has 8 nitrogen and oxygen atoms in total. The van der Waals surface area contributed by atoms with Gasteiger partial charge in [-0.25, -0.2) is 9.78 Å². The number of hydrogen-bond acceptors (Lipinski definition) is 7. The van der Waals surface area contributed by atoms with Gasteiger partial charge < -0.3 is 10.1 Å². The van der Waals surface area contributed by atoms with Crippen LogP contribution in [0.3, 0.4) is 0 Å². The third-order valence-corrected chi connectivity index (χ3v) is 4.11. The molecule has 1 aliphatic heterocycles. The van der Waals surface area contributed by atoms with E-state index in [1.54, 1.807) is 7.05 Å². The van der Waals surface area contributed by atoms with Gasteiger partial charge in [-0.1, -0.05) is 11.8 Å². The number of hydrogen-bond donors (Lipinski definition) is 1. The van der Waals surface area contributed by atoms with E-state index in [1.165, 1.54) is 36.8 Å². The summed E-state index contributed by atoms with van der Waals surface area (Å²) < 4.78 is 7.59. The van der Waals surface area contributed by atoms with Gasteiger partial charge in [-0.15, -0.1) is 0 Å².